The molecule has 0 atom stereocenters. The molecule has 0 aliphatic rings. The van der Waals surface area contributed by atoms with Gasteiger partial charge in [0.05, 0.1) is 16.2 Å². The summed E-state index contributed by atoms with van der Waals surface area (Å²) in [5.74, 6) is 0. The lowest BCUT2D eigenvalue weighted by Gasteiger charge is -2.21. The molecule has 0 aliphatic carbocycles. The number of hydrogen-bond donors (Lipinski definition) is 1. The van der Waals surface area contributed by atoms with E-state index in [2.05, 4.69) is 74.8 Å². The predicted octanol–water partition coefficient (Wildman–Crippen LogP) is 5.05. The molecule has 3 aromatic rings. The molecule has 0 bridgehead atoms. The van der Waals surface area contributed by atoms with Gasteiger partial charge in [-0.1, -0.05) is 60.7 Å². The summed E-state index contributed by atoms with van der Waals surface area (Å²) in [5, 5.41) is 3.59. The first kappa shape index (κ1) is 13.8. The first-order chi connectivity index (χ1) is 10.3. The lowest BCUT2D eigenvalue weighted by Crippen LogP contribution is -2.12. The average Bonchev–Trinajstić information content (AvgIpc) is 2.56. The Morgan fingerprint density at radius 1 is 0.810 bits per heavy atom. The van der Waals surface area contributed by atoms with Gasteiger partial charge >= 0.3 is 0 Å². The number of hydrogen-bond acceptors (Lipinski definition) is 2. The van der Waals surface area contributed by atoms with Crippen LogP contribution in [0.1, 0.15) is 17.2 Å². The maximum absolute atomic E-state index is 4.11. The van der Waals surface area contributed by atoms with Crippen LogP contribution < -0.4 is 5.32 Å². The van der Waals surface area contributed by atoms with E-state index in [1.807, 2.05) is 18.2 Å². The van der Waals surface area contributed by atoms with Crippen LogP contribution in [-0.2, 0) is 0 Å². The Bertz CT molecular complexity index is 659. The third-order valence-corrected chi connectivity index (χ3v) is 3.97. The third kappa shape index (κ3) is 3.31. The minimum absolute atomic E-state index is 0.103. The lowest BCUT2D eigenvalue weighted by molar-refractivity contribution is 0.936. The van der Waals surface area contributed by atoms with E-state index in [1.165, 1.54) is 11.1 Å². The SMILES string of the molecule is Brc1cnccc1NC(c1ccccc1)c1ccccc1. The molecule has 0 radical (unpaired) electrons. The molecule has 3 rings (SSSR count). The summed E-state index contributed by atoms with van der Waals surface area (Å²) in [6.45, 7) is 0. The van der Waals surface area contributed by atoms with Gasteiger partial charge in [0.15, 0.2) is 0 Å². The number of anilines is 1. The fraction of sp³-hybridized carbons (Fsp3) is 0.0556. The highest BCUT2D eigenvalue weighted by Gasteiger charge is 2.14. The van der Waals surface area contributed by atoms with Gasteiger partial charge in [-0.15, -0.1) is 0 Å². The summed E-state index contributed by atoms with van der Waals surface area (Å²) in [4.78, 5) is 4.11. The molecule has 0 unspecified atom stereocenters. The largest absolute Gasteiger partial charge is 0.373 e. The van der Waals surface area contributed by atoms with Crippen LogP contribution in [-0.4, -0.2) is 4.98 Å². The van der Waals surface area contributed by atoms with Crippen LogP contribution in [0.4, 0.5) is 5.69 Å². The van der Waals surface area contributed by atoms with Gasteiger partial charge in [-0.3, -0.25) is 4.98 Å². The molecule has 0 fully saturated rings. The van der Waals surface area contributed by atoms with E-state index in [4.69, 9.17) is 0 Å². The molecule has 1 heterocycles. The summed E-state index contributed by atoms with van der Waals surface area (Å²) in [6.07, 6.45) is 3.59. The van der Waals surface area contributed by atoms with Gasteiger partial charge in [0.25, 0.3) is 0 Å². The van der Waals surface area contributed by atoms with Crippen LogP contribution in [0.3, 0.4) is 0 Å². The first-order valence-electron chi connectivity index (χ1n) is 6.80. The Morgan fingerprint density at radius 3 is 1.90 bits per heavy atom. The molecule has 2 aromatic carbocycles. The van der Waals surface area contributed by atoms with Crippen molar-refractivity contribution in [3.63, 3.8) is 0 Å². The topological polar surface area (TPSA) is 24.9 Å². The van der Waals surface area contributed by atoms with Gasteiger partial charge in [-0.05, 0) is 33.1 Å². The van der Waals surface area contributed by atoms with Crippen LogP contribution in [0.5, 0.6) is 0 Å². The molecular formula is C18H15BrN2. The average molecular weight is 339 g/mol. The first-order valence-corrected chi connectivity index (χ1v) is 7.60. The Labute approximate surface area is 133 Å². The maximum atomic E-state index is 4.11. The van der Waals surface area contributed by atoms with E-state index < -0.39 is 0 Å². The summed E-state index contributed by atoms with van der Waals surface area (Å²) in [6, 6.07) is 23.0. The van der Waals surface area contributed by atoms with Crippen LogP contribution >= 0.6 is 15.9 Å². The Kier molecular flexibility index (Phi) is 4.31. The molecule has 0 saturated carbocycles. The number of nitrogens with zero attached hydrogens (tertiary/aromatic N) is 1. The van der Waals surface area contributed by atoms with Crippen molar-refractivity contribution < 1.29 is 0 Å². The van der Waals surface area contributed by atoms with Gasteiger partial charge in [-0.25, -0.2) is 0 Å². The van der Waals surface area contributed by atoms with Gasteiger partial charge < -0.3 is 5.32 Å². The Balaban J connectivity index is 1.99. The minimum Gasteiger partial charge on any atom is -0.373 e. The predicted molar refractivity (Wildman–Crippen MR) is 90.3 cm³/mol. The summed E-state index contributed by atoms with van der Waals surface area (Å²) >= 11 is 3.54. The number of benzene rings is 2. The second kappa shape index (κ2) is 6.55. The molecule has 0 amide bonds. The van der Waals surface area contributed by atoms with E-state index in [-0.39, 0.29) is 6.04 Å². The Morgan fingerprint density at radius 2 is 1.38 bits per heavy atom. The molecule has 0 spiro atoms. The van der Waals surface area contributed by atoms with E-state index in [1.54, 1.807) is 12.4 Å². The highest BCUT2D eigenvalue weighted by molar-refractivity contribution is 9.10. The van der Waals surface area contributed by atoms with Crippen molar-refractivity contribution in [3.8, 4) is 0 Å². The van der Waals surface area contributed by atoms with Crippen LogP contribution in [0.2, 0.25) is 0 Å². The van der Waals surface area contributed by atoms with Crippen molar-refractivity contribution >= 4 is 21.6 Å². The van der Waals surface area contributed by atoms with Gasteiger partial charge in [0.1, 0.15) is 0 Å². The number of rotatable bonds is 4. The quantitative estimate of drug-likeness (QED) is 0.720. The molecule has 104 valence electrons. The van der Waals surface area contributed by atoms with E-state index >= 15 is 0 Å². The standard InChI is InChI=1S/C18H15BrN2/c19-16-13-20-12-11-17(16)21-18(14-7-3-1-4-8-14)15-9-5-2-6-10-15/h1-13,18H,(H,20,21). The third-order valence-electron chi connectivity index (χ3n) is 3.34. The van der Waals surface area contributed by atoms with Crippen LogP contribution in [0, 0.1) is 0 Å². The fourth-order valence-electron chi connectivity index (χ4n) is 2.30. The van der Waals surface area contributed by atoms with E-state index in [0.717, 1.165) is 10.2 Å². The molecule has 2 nitrogen and oxygen atoms in total. The normalized spacial score (nSPS) is 10.6. The zero-order valence-electron chi connectivity index (χ0n) is 11.4. The van der Waals surface area contributed by atoms with Crippen molar-refractivity contribution in [2.75, 3.05) is 5.32 Å². The monoisotopic (exact) mass is 338 g/mol. The summed E-state index contributed by atoms with van der Waals surface area (Å²) < 4.78 is 0.960. The number of nitrogens with one attached hydrogen (secondary N) is 1. The second-order valence-corrected chi connectivity index (χ2v) is 5.61. The van der Waals surface area contributed by atoms with E-state index in [9.17, 15) is 0 Å². The molecule has 1 aromatic heterocycles. The Hall–Kier alpha value is -2.13. The zero-order chi connectivity index (χ0) is 14.5. The minimum atomic E-state index is 0.103. The van der Waals surface area contributed by atoms with Gasteiger partial charge in [-0.2, -0.15) is 0 Å². The lowest BCUT2D eigenvalue weighted by atomic mass is 9.98. The van der Waals surface area contributed by atoms with Gasteiger partial charge in [0, 0.05) is 12.4 Å². The van der Waals surface area contributed by atoms with Crippen molar-refractivity contribution in [1.82, 2.24) is 4.98 Å². The van der Waals surface area contributed by atoms with Crippen LogP contribution in [0.15, 0.2) is 83.6 Å². The van der Waals surface area contributed by atoms with Crippen molar-refractivity contribution in [3.05, 3.63) is 94.7 Å². The summed E-state index contributed by atoms with van der Waals surface area (Å²) in [5.41, 5.74) is 3.49. The smallest absolute Gasteiger partial charge is 0.0767 e. The highest BCUT2D eigenvalue weighted by atomic mass is 79.9. The van der Waals surface area contributed by atoms with Crippen molar-refractivity contribution in [2.45, 2.75) is 6.04 Å². The number of aromatic nitrogens is 1. The zero-order valence-corrected chi connectivity index (χ0v) is 13.0. The van der Waals surface area contributed by atoms with Crippen LogP contribution in [0.25, 0.3) is 0 Å². The molecular weight excluding hydrogens is 324 g/mol. The van der Waals surface area contributed by atoms with Crippen molar-refractivity contribution in [1.29, 1.82) is 0 Å². The molecule has 0 saturated heterocycles. The molecule has 3 heteroatoms. The second-order valence-electron chi connectivity index (χ2n) is 4.75. The number of halogens is 1. The maximum Gasteiger partial charge on any atom is 0.0767 e. The van der Waals surface area contributed by atoms with Crippen molar-refractivity contribution in [2.24, 2.45) is 0 Å². The highest BCUT2D eigenvalue weighted by Crippen LogP contribution is 2.29. The summed E-state index contributed by atoms with van der Waals surface area (Å²) in [7, 11) is 0. The molecule has 1 N–H and O–H groups in total. The molecule has 21 heavy (non-hydrogen) atoms. The van der Waals surface area contributed by atoms with E-state index in [0.29, 0.717) is 0 Å². The van der Waals surface area contributed by atoms with Gasteiger partial charge in [0.2, 0.25) is 0 Å². The number of pyridine rings is 1. The fourth-order valence-corrected chi connectivity index (χ4v) is 2.66. The molecule has 0 aliphatic heterocycles.